The third kappa shape index (κ3) is 3.06. The zero-order valence-corrected chi connectivity index (χ0v) is 12.6. The van der Waals surface area contributed by atoms with Crippen molar-refractivity contribution < 1.29 is 4.79 Å². The maximum Gasteiger partial charge on any atom is 0.222 e. The highest BCUT2D eigenvalue weighted by atomic mass is 16.2. The molecule has 1 amide bonds. The summed E-state index contributed by atoms with van der Waals surface area (Å²) in [6, 6.07) is 6.12. The highest BCUT2D eigenvalue weighted by Gasteiger charge is 2.21. The number of fused-ring (bicyclic) bond motifs is 1. The van der Waals surface area contributed by atoms with Crippen molar-refractivity contribution in [2.75, 3.05) is 36.8 Å². The van der Waals surface area contributed by atoms with E-state index < -0.39 is 0 Å². The van der Waals surface area contributed by atoms with Gasteiger partial charge in [-0.05, 0) is 38.3 Å². The fourth-order valence-corrected chi connectivity index (χ4v) is 2.94. The number of hydrogen-bond acceptors (Lipinski definition) is 3. The van der Waals surface area contributed by atoms with Crippen LogP contribution in [0.5, 0.6) is 0 Å². The predicted octanol–water partition coefficient (Wildman–Crippen LogP) is 2.28. The minimum atomic E-state index is 0.260. The van der Waals surface area contributed by atoms with E-state index in [1.807, 2.05) is 30.9 Å². The Bertz CT molecular complexity index is 469. The molecule has 0 saturated heterocycles. The van der Waals surface area contributed by atoms with Crippen LogP contribution in [0.4, 0.5) is 11.4 Å². The number of anilines is 2. The SMILES string of the molecule is CCN(CC)C(=O)CCCN1CCc2cccc(N)c21. The van der Waals surface area contributed by atoms with Gasteiger partial charge in [-0.2, -0.15) is 0 Å². The second-order valence-electron chi connectivity index (χ2n) is 5.26. The molecule has 0 fully saturated rings. The molecular weight excluding hydrogens is 250 g/mol. The molecule has 4 heteroatoms. The lowest BCUT2D eigenvalue weighted by Gasteiger charge is -2.22. The summed E-state index contributed by atoms with van der Waals surface area (Å²) >= 11 is 0. The number of nitrogens with zero attached hydrogens (tertiary/aromatic N) is 2. The Kier molecular flexibility index (Phi) is 4.88. The summed E-state index contributed by atoms with van der Waals surface area (Å²) in [6.45, 7) is 7.58. The first kappa shape index (κ1) is 14.7. The van der Waals surface area contributed by atoms with E-state index in [9.17, 15) is 4.79 Å². The summed E-state index contributed by atoms with van der Waals surface area (Å²) in [6.07, 6.45) is 2.58. The summed E-state index contributed by atoms with van der Waals surface area (Å²) in [5.74, 6) is 0.260. The van der Waals surface area contributed by atoms with Gasteiger partial charge in [-0.1, -0.05) is 12.1 Å². The van der Waals surface area contributed by atoms with Gasteiger partial charge >= 0.3 is 0 Å². The molecule has 0 radical (unpaired) electrons. The molecular formula is C16H25N3O. The van der Waals surface area contributed by atoms with Gasteiger partial charge in [0, 0.05) is 32.6 Å². The summed E-state index contributed by atoms with van der Waals surface area (Å²) < 4.78 is 0. The minimum absolute atomic E-state index is 0.260. The fraction of sp³-hybridized carbons (Fsp3) is 0.562. The first-order valence-electron chi connectivity index (χ1n) is 7.57. The molecule has 1 aliphatic rings. The standard InChI is InChI=1S/C16H25N3O/c1-3-18(4-2)15(20)9-6-11-19-12-10-13-7-5-8-14(17)16(13)19/h5,7-8H,3-4,6,9-12,17H2,1-2H3. The smallest absolute Gasteiger partial charge is 0.222 e. The van der Waals surface area contributed by atoms with Gasteiger partial charge in [0.25, 0.3) is 0 Å². The minimum Gasteiger partial charge on any atom is -0.397 e. The second-order valence-corrected chi connectivity index (χ2v) is 5.26. The van der Waals surface area contributed by atoms with Crippen molar-refractivity contribution in [3.63, 3.8) is 0 Å². The number of carbonyl (C=O) groups excluding carboxylic acids is 1. The Balaban J connectivity index is 1.87. The molecule has 0 bridgehead atoms. The van der Waals surface area contributed by atoms with Crippen LogP contribution in [0.1, 0.15) is 32.3 Å². The average molecular weight is 275 g/mol. The lowest BCUT2D eigenvalue weighted by molar-refractivity contribution is -0.130. The van der Waals surface area contributed by atoms with Crippen LogP contribution in [0.25, 0.3) is 0 Å². The molecule has 0 saturated carbocycles. The van der Waals surface area contributed by atoms with Crippen LogP contribution < -0.4 is 10.6 Å². The van der Waals surface area contributed by atoms with Crippen molar-refractivity contribution >= 4 is 17.3 Å². The number of para-hydroxylation sites is 1. The van der Waals surface area contributed by atoms with E-state index >= 15 is 0 Å². The molecule has 0 aromatic heterocycles. The van der Waals surface area contributed by atoms with Gasteiger partial charge < -0.3 is 15.5 Å². The molecule has 0 atom stereocenters. The number of carbonyl (C=O) groups is 1. The van der Waals surface area contributed by atoms with E-state index in [1.54, 1.807) is 0 Å². The van der Waals surface area contributed by atoms with E-state index in [4.69, 9.17) is 5.73 Å². The summed E-state index contributed by atoms with van der Waals surface area (Å²) in [4.78, 5) is 16.2. The molecule has 20 heavy (non-hydrogen) atoms. The Morgan fingerprint density at radius 1 is 1.35 bits per heavy atom. The van der Waals surface area contributed by atoms with E-state index in [1.165, 1.54) is 11.3 Å². The lowest BCUT2D eigenvalue weighted by atomic mass is 10.1. The first-order chi connectivity index (χ1) is 9.67. The summed E-state index contributed by atoms with van der Waals surface area (Å²) in [5, 5.41) is 0. The van der Waals surface area contributed by atoms with Crippen LogP contribution >= 0.6 is 0 Å². The maximum absolute atomic E-state index is 12.0. The molecule has 0 spiro atoms. The highest BCUT2D eigenvalue weighted by Crippen LogP contribution is 2.33. The Morgan fingerprint density at radius 3 is 2.80 bits per heavy atom. The van der Waals surface area contributed by atoms with Crippen molar-refractivity contribution in [3.05, 3.63) is 23.8 Å². The number of nitrogens with two attached hydrogens (primary N) is 1. The molecule has 4 nitrogen and oxygen atoms in total. The highest BCUT2D eigenvalue weighted by molar-refractivity contribution is 5.76. The fourth-order valence-electron chi connectivity index (χ4n) is 2.94. The van der Waals surface area contributed by atoms with Gasteiger partial charge in [0.05, 0.1) is 11.4 Å². The first-order valence-corrected chi connectivity index (χ1v) is 7.57. The normalized spacial score (nSPS) is 13.4. The lowest BCUT2D eigenvalue weighted by Crippen LogP contribution is -2.31. The summed E-state index contributed by atoms with van der Waals surface area (Å²) in [7, 11) is 0. The van der Waals surface area contributed by atoms with Gasteiger partial charge in [0.2, 0.25) is 5.91 Å². The summed E-state index contributed by atoms with van der Waals surface area (Å²) in [5.41, 5.74) is 9.44. The zero-order valence-electron chi connectivity index (χ0n) is 12.6. The molecule has 2 rings (SSSR count). The molecule has 1 heterocycles. The molecule has 1 aromatic rings. The quantitative estimate of drug-likeness (QED) is 0.810. The van der Waals surface area contributed by atoms with Gasteiger partial charge in [-0.15, -0.1) is 0 Å². The van der Waals surface area contributed by atoms with Gasteiger partial charge in [-0.25, -0.2) is 0 Å². The molecule has 110 valence electrons. The predicted molar refractivity (Wildman–Crippen MR) is 83.9 cm³/mol. The number of hydrogen-bond donors (Lipinski definition) is 1. The number of benzene rings is 1. The Morgan fingerprint density at radius 2 is 2.10 bits per heavy atom. The second kappa shape index (κ2) is 6.64. The van der Waals surface area contributed by atoms with Crippen LogP contribution in [-0.4, -0.2) is 37.0 Å². The van der Waals surface area contributed by atoms with Gasteiger partial charge in [0.1, 0.15) is 0 Å². The Hall–Kier alpha value is -1.71. The van der Waals surface area contributed by atoms with Crippen LogP contribution in [0, 0.1) is 0 Å². The van der Waals surface area contributed by atoms with E-state index in [2.05, 4.69) is 11.0 Å². The van der Waals surface area contributed by atoms with Gasteiger partial charge in [0.15, 0.2) is 0 Å². The number of nitrogen functional groups attached to an aromatic ring is 1. The third-order valence-corrected chi connectivity index (χ3v) is 4.05. The number of rotatable bonds is 6. The van der Waals surface area contributed by atoms with E-state index in [-0.39, 0.29) is 5.91 Å². The Labute approximate surface area is 121 Å². The van der Waals surface area contributed by atoms with E-state index in [0.717, 1.165) is 44.7 Å². The van der Waals surface area contributed by atoms with Crippen molar-refractivity contribution in [3.8, 4) is 0 Å². The molecule has 0 aliphatic carbocycles. The van der Waals surface area contributed by atoms with Crippen molar-refractivity contribution in [1.82, 2.24) is 4.90 Å². The van der Waals surface area contributed by atoms with Crippen LogP contribution in [0.2, 0.25) is 0 Å². The van der Waals surface area contributed by atoms with Crippen molar-refractivity contribution in [1.29, 1.82) is 0 Å². The van der Waals surface area contributed by atoms with Crippen LogP contribution in [0.3, 0.4) is 0 Å². The number of amides is 1. The topological polar surface area (TPSA) is 49.6 Å². The molecule has 0 unspecified atom stereocenters. The molecule has 1 aromatic carbocycles. The van der Waals surface area contributed by atoms with Gasteiger partial charge in [-0.3, -0.25) is 4.79 Å². The third-order valence-electron chi connectivity index (χ3n) is 4.05. The van der Waals surface area contributed by atoms with Crippen molar-refractivity contribution in [2.24, 2.45) is 0 Å². The van der Waals surface area contributed by atoms with Crippen molar-refractivity contribution in [2.45, 2.75) is 33.1 Å². The zero-order chi connectivity index (χ0) is 14.5. The average Bonchev–Trinajstić information content (AvgIpc) is 2.85. The van der Waals surface area contributed by atoms with Crippen LogP contribution in [-0.2, 0) is 11.2 Å². The molecule has 2 N–H and O–H groups in total. The van der Waals surface area contributed by atoms with E-state index in [0.29, 0.717) is 6.42 Å². The van der Waals surface area contributed by atoms with Crippen LogP contribution in [0.15, 0.2) is 18.2 Å². The largest absolute Gasteiger partial charge is 0.397 e. The maximum atomic E-state index is 12.0. The monoisotopic (exact) mass is 275 g/mol. The molecule has 1 aliphatic heterocycles.